The molecule has 0 amide bonds. The molecule has 2 aromatic carbocycles. The molecule has 1 heteroatoms. The zero-order valence-corrected chi connectivity index (χ0v) is 9.00. The van der Waals surface area contributed by atoms with Gasteiger partial charge in [-0.05, 0) is 40.3 Å². The molecule has 0 aliphatic rings. The van der Waals surface area contributed by atoms with Crippen molar-refractivity contribution in [3.8, 4) is 22.8 Å². The van der Waals surface area contributed by atoms with Gasteiger partial charge in [0.05, 0.1) is 0 Å². The molecule has 0 atom stereocenters. The number of rotatable bonds is 2. The smallest absolute Gasteiger partial charge is 0.0203 e. The lowest BCUT2D eigenvalue weighted by molar-refractivity contribution is 1.47. The summed E-state index contributed by atoms with van der Waals surface area (Å²) in [7, 11) is 0. The lowest BCUT2D eigenvalue weighted by Crippen LogP contribution is -1.76. The second-order valence-corrected chi connectivity index (χ2v) is 4.02. The van der Waals surface area contributed by atoms with E-state index in [1.54, 1.807) is 0 Å². The quantitative estimate of drug-likeness (QED) is 0.532. The molecule has 0 unspecified atom stereocenters. The molecule has 0 aliphatic heterocycles. The third-order valence-electron chi connectivity index (χ3n) is 2.14. The van der Waals surface area contributed by atoms with Crippen LogP contribution in [-0.2, 0) is 0 Å². The molecule has 0 fully saturated rings. The van der Waals surface area contributed by atoms with Crippen molar-refractivity contribution in [1.29, 1.82) is 0 Å². The molecule has 0 N–H and O–H groups in total. The summed E-state index contributed by atoms with van der Waals surface area (Å²) < 4.78 is 0. The van der Waals surface area contributed by atoms with Gasteiger partial charge in [0.1, 0.15) is 0 Å². The van der Waals surface area contributed by atoms with Crippen LogP contribution in [0, 0.1) is 11.7 Å². The van der Waals surface area contributed by atoms with Gasteiger partial charge in [-0.15, -0.1) is 6.42 Å². The minimum Gasteiger partial charge on any atom is -0.108 e. The fourth-order valence-electron chi connectivity index (χ4n) is 1.41. The predicted molar refractivity (Wildman–Crippen MR) is 66.6 cm³/mol. The highest BCUT2D eigenvalue weighted by molar-refractivity contribution is 8.03. The van der Waals surface area contributed by atoms with Crippen molar-refractivity contribution in [2.75, 3.05) is 0 Å². The van der Waals surface area contributed by atoms with Gasteiger partial charge in [0.2, 0.25) is 0 Å². The Morgan fingerprint density at radius 3 is 2.00 bits per heavy atom. The van der Waals surface area contributed by atoms with Gasteiger partial charge >= 0.3 is 0 Å². The first kappa shape index (κ1) is 9.89. The molecule has 15 heavy (non-hydrogen) atoms. The number of thioether (sulfide) groups is 1. The molecule has 0 bridgehead atoms. The summed E-state index contributed by atoms with van der Waals surface area (Å²) in [6.45, 7) is 0. The van der Waals surface area contributed by atoms with Gasteiger partial charge in [-0.3, -0.25) is 0 Å². The average molecular weight is 210 g/mol. The normalized spacial score (nSPS) is 9.53. The largest absolute Gasteiger partial charge is 0.108 e. The van der Waals surface area contributed by atoms with Crippen molar-refractivity contribution in [2.24, 2.45) is 0 Å². The maximum atomic E-state index is 5.22. The fourth-order valence-corrected chi connectivity index (χ4v) is 1.82. The Hall–Kier alpha value is -1.65. The van der Waals surface area contributed by atoms with Crippen LogP contribution < -0.4 is 0 Å². The molecule has 0 heterocycles. The molecule has 0 saturated carbocycles. The van der Waals surface area contributed by atoms with Crippen LogP contribution in [-0.4, -0.2) is 0 Å². The van der Waals surface area contributed by atoms with Crippen molar-refractivity contribution in [3.63, 3.8) is 0 Å². The highest BCUT2D eigenvalue weighted by Crippen LogP contribution is 2.23. The predicted octanol–water partition coefficient (Wildman–Crippen LogP) is 4.04. The van der Waals surface area contributed by atoms with E-state index < -0.39 is 0 Å². The third-order valence-corrected chi connectivity index (χ3v) is 2.76. The van der Waals surface area contributed by atoms with E-state index in [1.807, 2.05) is 30.3 Å². The van der Waals surface area contributed by atoms with E-state index in [0.717, 1.165) is 4.90 Å². The summed E-state index contributed by atoms with van der Waals surface area (Å²) in [6, 6.07) is 18.6. The first-order valence-electron chi connectivity index (χ1n) is 4.68. The summed E-state index contributed by atoms with van der Waals surface area (Å²) in [5.74, 6) is 0. The number of hydrogen-bond donors (Lipinski definition) is 0. The maximum absolute atomic E-state index is 5.22. The molecule has 2 rings (SSSR count). The SMILES string of the molecule is C#CSc1ccc(-c2ccccc2)cc1. The van der Waals surface area contributed by atoms with Crippen LogP contribution in [0.1, 0.15) is 0 Å². The van der Waals surface area contributed by atoms with Gasteiger partial charge in [0.25, 0.3) is 0 Å². The van der Waals surface area contributed by atoms with Crippen LogP contribution in [0.2, 0.25) is 0 Å². The molecular weight excluding hydrogens is 200 g/mol. The van der Waals surface area contributed by atoms with Crippen molar-refractivity contribution < 1.29 is 0 Å². The van der Waals surface area contributed by atoms with Crippen molar-refractivity contribution in [3.05, 3.63) is 54.6 Å². The monoisotopic (exact) mass is 210 g/mol. The number of hydrogen-bond acceptors (Lipinski definition) is 1. The van der Waals surface area contributed by atoms with Crippen LogP contribution in [0.3, 0.4) is 0 Å². The van der Waals surface area contributed by atoms with Gasteiger partial charge < -0.3 is 0 Å². The van der Waals surface area contributed by atoms with E-state index in [9.17, 15) is 0 Å². The Morgan fingerprint density at radius 1 is 0.800 bits per heavy atom. The van der Waals surface area contributed by atoms with Crippen molar-refractivity contribution in [1.82, 2.24) is 0 Å². The Balaban J connectivity index is 2.29. The highest BCUT2D eigenvalue weighted by Gasteiger charge is 1.96. The molecular formula is C14H10S. The number of benzene rings is 2. The van der Waals surface area contributed by atoms with Gasteiger partial charge in [0.15, 0.2) is 0 Å². The molecule has 0 spiro atoms. The Bertz CT molecular complexity index is 463. The van der Waals surface area contributed by atoms with Crippen LogP contribution in [0.15, 0.2) is 59.5 Å². The van der Waals surface area contributed by atoms with Crippen LogP contribution in [0.4, 0.5) is 0 Å². The van der Waals surface area contributed by atoms with E-state index in [1.165, 1.54) is 22.9 Å². The Morgan fingerprint density at radius 2 is 1.40 bits per heavy atom. The fraction of sp³-hybridized carbons (Fsp3) is 0. The molecule has 72 valence electrons. The average Bonchev–Trinajstić information content (AvgIpc) is 2.32. The standard InChI is InChI=1S/C14H10S/c1-2-15-14-10-8-13(9-11-14)12-6-4-3-5-7-12/h1,3-11H. The lowest BCUT2D eigenvalue weighted by Gasteiger charge is -2.01. The van der Waals surface area contributed by atoms with E-state index in [0.29, 0.717) is 0 Å². The van der Waals surface area contributed by atoms with E-state index >= 15 is 0 Å². The molecule has 0 radical (unpaired) electrons. The maximum Gasteiger partial charge on any atom is 0.0203 e. The number of terminal acetylenes is 1. The van der Waals surface area contributed by atoms with E-state index in [-0.39, 0.29) is 0 Å². The minimum atomic E-state index is 1.11. The third kappa shape index (κ3) is 2.43. The summed E-state index contributed by atoms with van der Waals surface area (Å²) >= 11 is 1.41. The van der Waals surface area contributed by atoms with Gasteiger partial charge in [0, 0.05) is 4.90 Å². The summed E-state index contributed by atoms with van der Waals surface area (Å²) in [5.41, 5.74) is 2.45. The van der Waals surface area contributed by atoms with Gasteiger partial charge in [-0.2, -0.15) is 0 Å². The summed E-state index contributed by atoms with van der Waals surface area (Å²) in [5, 5.41) is 2.56. The lowest BCUT2D eigenvalue weighted by atomic mass is 10.1. The molecule has 0 saturated heterocycles. The van der Waals surface area contributed by atoms with Gasteiger partial charge in [-0.1, -0.05) is 42.5 Å². The molecule has 0 aromatic heterocycles. The summed E-state index contributed by atoms with van der Waals surface area (Å²) in [6.07, 6.45) is 5.22. The van der Waals surface area contributed by atoms with Crippen molar-refractivity contribution in [2.45, 2.75) is 4.90 Å². The van der Waals surface area contributed by atoms with Crippen LogP contribution in [0.25, 0.3) is 11.1 Å². The summed E-state index contributed by atoms with van der Waals surface area (Å²) in [4.78, 5) is 1.11. The van der Waals surface area contributed by atoms with E-state index in [2.05, 4.69) is 29.5 Å². The van der Waals surface area contributed by atoms with Crippen molar-refractivity contribution >= 4 is 11.8 Å². The molecule has 0 aliphatic carbocycles. The van der Waals surface area contributed by atoms with E-state index in [4.69, 9.17) is 6.42 Å². The highest BCUT2D eigenvalue weighted by atomic mass is 32.2. The zero-order chi connectivity index (χ0) is 10.5. The first-order valence-corrected chi connectivity index (χ1v) is 5.50. The second kappa shape index (κ2) is 4.72. The zero-order valence-electron chi connectivity index (χ0n) is 8.18. The topological polar surface area (TPSA) is 0 Å². The van der Waals surface area contributed by atoms with Crippen LogP contribution >= 0.6 is 11.8 Å². The minimum absolute atomic E-state index is 1.11. The van der Waals surface area contributed by atoms with Crippen LogP contribution in [0.5, 0.6) is 0 Å². The second-order valence-electron chi connectivity index (χ2n) is 3.11. The first-order chi connectivity index (χ1) is 7.40. The molecule has 0 nitrogen and oxygen atoms in total. The Kier molecular flexibility index (Phi) is 3.11. The Labute approximate surface area is 94.3 Å². The van der Waals surface area contributed by atoms with Gasteiger partial charge in [-0.25, -0.2) is 0 Å². The molecule has 2 aromatic rings.